The number of ketones is 1. The number of rotatable bonds is 6. The fourth-order valence-corrected chi connectivity index (χ4v) is 6.06. The monoisotopic (exact) mass is 499 g/mol. The van der Waals surface area contributed by atoms with E-state index in [0.717, 1.165) is 54.6 Å². The minimum Gasteiger partial charge on any atom is -0.491 e. The van der Waals surface area contributed by atoms with Crippen LogP contribution in [-0.4, -0.2) is 24.0 Å². The largest absolute Gasteiger partial charge is 0.491 e. The van der Waals surface area contributed by atoms with Crippen molar-refractivity contribution in [3.63, 3.8) is 0 Å². The van der Waals surface area contributed by atoms with E-state index in [0.29, 0.717) is 23.3 Å². The standard InChI is InChI=1S/C32H37NO4/c1-20(2)36-28-17-11-10-16-25(28)30-29(32(35)37-24-14-8-5-9-15-24)21(3)33-26-18-23(19-27(34)31(26)30)22-12-6-4-7-13-22/h4,6-7,10-13,16-17,20,23-24,30,33H,5,8-9,14-15,18-19H2,1-3H3/t23-,30+/m1/s1. The Hall–Kier alpha value is -3.34. The van der Waals surface area contributed by atoms with Crippen molar-refractivity contribution in [2.24, 2.45) is 0 Å². The molecule has 2 aliphatic carbocycles. The number of hydrogen-bond donors (Lipinski definition) is 1. The molecule has 1 saturated carbocycles. The van der Waals surface area contributed by atoms with Gasteiger partial charge in [0.2, 0.25) is 0 Å². The van der Waals surface area contributed by atoms with Crippen LogP contribution >= 0.6 is 0 Å². The van der Waals surface area contributed by atoms with Crippen molar-refractivity contribution in [2.75, 3.05) is 0 Å². The van der Waals surface area contributed by atoms with Crippen LogP contribution in [0.1, 0.15) is 88.7 Å². The molecule has 0 radical (unpaired) electrons. The van der Waals surface area contributed by atoms with Crippen LogP contribution in [0.5, 0.6) is 5.75 Å². The highest BCUT2D eigenvalue weighted by atomic mass is 16.5. The van der Waals surface area contributed by atoms with E-state index < -0.39 is 5.92 Å². The molecule has 2 atom stereocenters. The quantitative estimate of drug-likeness (QED) is 0.448. The third kappa shape index (κ3) is 5.36. The Morgan fingerprint density at radius 2 is 1.65 bits per heavy atom. The summed E-state index contributed by atoms with van der Waals surface area (Å²) < 4.78 is 12.3. The van der Waals surface area contributed by atoms with Gasteiger partial charge < -0.3 is 14.8 Å². The van der Waals surface area contributed by atoms with Gasteiger partial charge in [0, 0.05) is 29.0 Å². The number of dihydropyridines is 1. The molecule has 2 aromatic rings. The molecule has 1 N–H and O–H groups in total. The molecule has 0 unspecified atom stereocenters. The van der Waals surface area contributed by atoms with Crippen LogP contribution in [0.25, 0.3) is 0 Å². The summed E-state index contributed by atoms with van der Waals surface area (Å²) in [4.78, 5) is 27.6. The second-order valence-corrected chi connectivity index (χ2v) is 10.8. The highest BCUT2D eigenvalue weighted by Gasteiger charge is 2.43. The van der Waals surface area contributed by atoms with E-state index in [4.69, 9.17) is 9.47 Å². The van der Waals surface area contributed by atoms with Gasteiger partial charge in [0.1, 0.15) is 11.9 Å². The zero-order valence-electron chi connectivity index (χ0n) is 22.1. The highest BCUT2D eigenvalue weighted by Crippen LogP contribution is 2.48. The summed E-state index contributed by atoms with van der Waals surface area (Å²) in [5.74, 6) is 0.0241. The van der Waals surface area contributed by atoms with Crippen LogP contribution in [-0.2, 0) is 14.3 Å². The van der Waals surface area contributed by atoms with Gasteiger partial charge in [-0.2, -0.15) is 0 Å². The van der Waals surface area contributed by atoms with Gasteiger partial charge in [0.25, 0.3) is 0 Å². The lowest BCUT2D eigenvalue weighted by atomic mass is 9.71. The second-order valence-electron chi connectivity index (χ2n) is 10.8. The van der Waals surface area contributed by atoms with Crippen LogP contribution < -0.4 is 10.1 Å². The molecule has 0 aromatic heterocycles. The molecular formula is C32H37NO4. The van der Waals surface area contributed by atoms with Gasteiger partial charge in [-0.25, -0.2) is 4.79 Å². The Kier molecular flexibility index (Phi) is 7.50. The van der Waals surface area contributed by atoms with Gasteiger partial charge in [-0.1, -0.05) is 55.0 Å². The van der Waals surface area contributed by atoms with E-state index in [1.165, 1.54) is 6.42 Å². The Morgan fingerprint density at radius 3 is 2.38 bits per heavy atom. The Morgan fingerprint density at radius 1 is 0.946 bits per heavy atom. The maximum atomic E-state index is 13.9. The first kappa shape index (κ1) is 25.3. The van der Waals surface area contributed by atoms with Crippen molar-refractivity contribution in [2.45, 2.75) is 89.8 Å². The first-order chi connectivity index (χ1) is 17.9. The minimum atomic E-state index is -0.522. The lowest BCUT2D eigenvalue weighted by Gasteiger charge is -2.37. The summed E-state index contributed by atoms with van der Waals surface area (Å²) in [6.45, 7) is 5.90. The predicted molar refractivity (Wildman–Crippen MR) is 144 cm³/mol. The molecular weight excluding hydrogens is 462 g/mol. The topological polar surface area (TPSA) is 64.6 Å². The number of benzene rings is 2. The number of ether oxygens (including phenoxy) is 2. The molecule has 2 aromatic carbocycles. The summed E-state index contributed by atoms with van der Waals surface area (Å²) in [5.41, 5.74) is 4.86. The Balaban J connectivity index is 1.57. The van der Waals surface area contributed by atoms with Gasteiger partial charge in [0.05, 0.1) is 17.6 Å². The fraction of sp³-hybridized carbons (Fsp3) is 0.438. The zero-order chi connectivity index (χ0) is 25.9. The van der Waals surface area contributed by atoms with E-state index in [2.05, 4.69) is 17.4 Å². The van der Waals surface area contributed by atoms with Crippen LogP contribution in [0.2, 0.25) is 0 Å². The maximum Gasteiger partial charge on any atom is 0.337 e. The normalized spacial score (nSPS) is 22.5. The number of carbonyl (C=O) groups excluding carboxylic acids is 2. The first-order valence-corrected chi connectivity index (χ1v) is 13.7. The van der Waals surface area contributed by atoms with E-state index in [1.807, 2.05) is 63.2 Å². The first-order valence-electron chi connectivity index (χ1n) is 13.7. The SMILES string of the molecule is CC1=C(C(=O)OC2CCCCC2)[C@H](c2ccccc2OC(C)C)C2=C(C[C@@H](c3ccccc3)CC2=O)N1. The van der Waals surface area contributed by atoms with Crippen molar-refractivity contribution in [3.8, 4) is 5.75 Å². The Labute approximate surface area is 219 Å². The summed E-state index contributed by atoms with van der Waals surface area (Å²) in [5, 5.41) is 3.47. The molecule has 5 rings (SSSR count). The lowest BCUT2D eigenvalue weighted by Crippen LogP contribution is -2.37. The molecule has 1 heterocycles. The van der Waals surface area contributed by atoms with Crippen LogP contribution in [0.15, 0.2) is 77.1 Å². The van der Waals surface area contributed by atoms with Crippen molar-refractivity contribution in [1.29, 1.82) is 0 Å². The fourth-order valence-electron chi connectivity index (χ4n) is 6.06. The number of para-hydroxylation sites is 1. The molecule has 0 amide bonds. The molecule has 5 nitrogen and oxygen atoms in total. The third-order valence-electron chi connectivity index (χ3n) is 7.74. The molecule has 1 fully saturated rings. The number of Topliss-reactive ketones (excluding diaryl/α,β-unsaturated/α-hetero) is 1. The van der Waals surface area contributed by atoms with Gasteiger partial charge in [-0.15, -0.1) is 0 Å². The van der Waals surface area contributed by atoms with Crippen LogP contribution in [0.4, 0.5) is 0 Å². The second kappa shape index (κ2) is 11.0. The number of carbonyl (C=O) groups is 2. The highest BCUT2D eigenvalue weighted by molar-refractivity contribution is 6.04. The van der Waals surface area contributed by atoms with Crippen molar-refractivity contribution in [1.82, 2.24) is 5.32 Å². The van der Waals surface area contributed by atoms with E-state index >= 15 is 0 Å². The van der Waals surface area contributed by atoms with Crippen molar-refractivity contribution >= 4 is 11.8 Å². The third-order valence-corrected chi connectivity index (χ3v) is 7.74. The Bertz CT molecular complexity index is 1220. The van der Waals surface area contributed by atoms with Crippen molar-refractivity contribution < 1.29 is 19.1 Å². The van der Waals surface area contributed by atoms with Gasteiger partial charge in [-0.3, -0.25) is 4.79 Å². The molecule has 1 aliphatic heterocycles. The molecule has 3 aliphatic rings. The molecule has 0 bridgehead atoms. The molecule has 194 valence electrons. The molecule has 0 saturated heterocycles. The average Bonchev–Trinajstić information content (AvgIpc) is 2.89. The summed E-state index contributed by atoms with van der Waals surface area (Å²) in [6.07, 6.45) is 6.17. The van der Waals surface area contributed by atoms with Gasteiger partial charge in [-0.05, 0) is 70.4 Å². The smallest absolute Gasteiger partial charge is 0.337 e. The van der Waals surface area contributed by atoms with Gasteiger partial charge in [0.15, 0.2) is 5.78 Å². The summed E-state index contributed by atoms with van der Waals surface area (Å²) in [7, 11) is 0. The maximum absolute atomic E-state index is 13.9. The number of hydrogen-bond acceptors (Lipinski definition) is 5. The molecule has 37 heavy (non-hydrogen) atoms. The number of nitrogens with one attached hydrogen (secondary N) is 1. The molecule has 5 heteroatoms. The van der Waals surface area contributed by atoms with Crippen LogP contribution in [0, 0.1) is 0 Å². The van der Waals surface area contributed by atoms with E-state index in [1.54, 1.807) is 0 Å². The van der Waals surface area contributed by atoms with Crippen LogP contribution in [0.3, 0.4) is 0 Å². The van der Waals surface area contributed by atoms with E-state index in [9.17, 15) is 9.59 Å². The summed E-state index contributed by atoms with van der Waals surface area (Å²) in [6, 6.07) is 18.0. The van der Waals surface area contributed by atoms with Gasteiger partial charge >= 0.3 is 5.97 Å². The average molecular weight is 500 g/mol. The number of esters is 1. The minimum absolute atomic E-state index is 0.0384. The van der Waals surface area contributed by atoms with E-state index in [-0.39, 0.29) is 29.9 Å². The lowest BCUT2D eigenvalue weighted by molar-refractivity contribution is -0.146. The predicted octanol–water partition coefficient (Wildman–Crippen LogP) is 6.71. The molecule has 0 spiro atoms. The van der Waals surface area contributed by atoms with Crippen molar-refractivity contribution in [3.05, 3.63) is 88.3 Å². The summed E-state index contributed by atoms with van der Waals surface area (Å²) >= 11 is 0. The number of allylic oxidation sites excluding steroid dienone is 3. The zero-order valence-corrected chi connectivity index (χ0v) is 22.1.